The standard InChI is InChI=1S/C17H19NO3S/c1-3-14-18(15-8-6-5-7-9-15)22(19,20)17-12-10-16(11-13-17)21-4-2/h3,5-13H,1,4,14H2,2H3. The number of hydrogen-bond donors (Lipinski definition) is 0. The first-order chi connectivity index (χ1) is 10.6. The Labute approximate surface area is 131 Å². The second kappa shape index (κ2) is 7.13. The lowest BCUT2D eigenvalue weighted by Gasteiger charge is -2.23. The van der Waals surface area contributed by atoms with Crippen molar-refractivity contribution in [3.63, 3.8) is 0 Å². The Bertz CT molecular complexity index is 709. The summed E-state index contributed by atoms with van der Waals surface area (Å²) in [6, 6.07) is 15.4. The summed E-state index contributed by atoms with van der Waals surface area (Å²) >= 11 is 0. The number of sulfonamides is 1. The van der Waals surface area contributed by atoms with Crippen LogP contribution in [0.25, 0.3) is 0 Å². The van der Waals surface area contributed by atoms with Gasteiger partial charge in [-0.25, -0.2) is 8.42 Å². The van der Waals surface area contributed by atoms with Gasteiger partial charge in [-0.15, -0.1) is 6.58 Å². The van der Waals surface area contributed by atoms with Crippen LogP contribution < -0.4 is 9.04 Å². The molecule has 22 heavy (non-hydrogen) atoms. The summed E-state index contributed by atoms with van der Waals surface area (Å²) in [5.41, 5.74) is 0.608. The topological polar surface area (TPSA) is 46.6 Å². The summed E-state index contributed by atoms with van der Waals surface area (Å²) in [7, 11) is -3.64. The van der Waals surface area contributed by atoms with Crippen LogP contribution in [0.15, 0.2) is 72.1 Å². The second-order valence-electron chi connectivity index (χ2n) is 4.56. The molecule has 0 aromatic heterocycles. The summed E-state index contributed by atoms with van der Waals surface area (Å²) in [6.45, 7) is 6.27. The number of anilines is 1. The van der Waals surface area contributed by atoms with Crippen molar-refractivity contribution < 1.29 is 13.2 Å². The fourth-order valence-electron chi connectivity index (χ4n) is 2.06. The van der Waals surface area contributed by atoms with E-state index in [0.29, 0.717) is 18.0 Å². The van der Waals surface area contributed by atoms with Crippen LogP contribution in [0.4, 0.5) is 5.69 Å². The number of ether oxygens (including phenoxy) is 1. The maximum Gasteiger partial charge on any atom is 0.264 e. The Kier molecular flexibility index (Phi) is 5.22. The molecule has 5 heteroatoms. The Morgan fingerprint density at radius 1 is 1.09 bits per heavy atom. The highest BCUT2D eigenvalue weighted by atomic mass is 32.2. The lowest BCUT2D eigenvalue weighted by Crippen LogP contribution is -2.31. The maximum absolute atomic E-state index is 12.8. The van der Waals surface area contributed by atoms with Crippen molar-refractivity contribution in [3.05, 3.63) is 67.3 Å². The van der Waals surface area contributed by atoms with Gasteiger partial charge in [0, 0.05) is 0 Å². The number of hydrogen-bond acceptors (Lipinski definition) is 3. The lowest BCUT2D eigenvalue weighted by molar-refractivity contribution is 0.340. The molecule has 0 aliphatic heterocycles. The zero-order chi connectivity index (χ0) is 16.0. The van der Waals surface area contributed by atoms with E-state index in [1.165, 1.54) is 4.31 Å². The first-order valence-corrected chi connectivity index (χ1v) is 8.45. The summed E-state index contributed by atoms with van der Waals surface area (Å²) in [6.07, 6.45) is 1.57. The predicted molar refractivity (Wildman–Crippen MR) is 88.8 cm³/mol. The largest absolute Gasteiger partial charge is 0.494 e. The van der Waals surface area contributed by atoms with Gasteiger partial charge in [-0.1, -0.05) is 24.3 Å². The van der Waals surface area contributed by atoms with E-state index in [2.05, 4.69) is 6.58 Å². The number of para-hydroxylation sites is 1. The molecule has 0 saturated heterocycles. The number of benzene rings is 2. The minimum absolute atomic E-state index is 0.208. The third-order valence-corrected chi connectivity index (χ3v) is 4.87. The lowest BCUT2D eigenvalue weighted by atomic mass is 10.3. The van der Waals surface area contributed by atoms with Crippen molar-refractivity contribution in [2.75, 3.05) is 17.5 Å². The number of rotatable bonds is 7. The quantitative estimate of drug-likeness (QED) is 0.735. The van der Waals surface area contributed by atoms with Crippen molar-refractivity contribution in [1.82, 2.24) is 0 Å². The molecule has 0 aliphatic rings. The molecular weight excluding hydrogens is 298 g/mol. The molecule has 116 valence electrons. The van der Waals surface area contributed by atoms with Crippen molar-refractivity contribution in [2.24, 2.45) is 0 Å². The van der Waals surface area contributed by atoms with Gasteiger partial charge in [-0.05, 0) is 43.3 Å². The first kappa shape index (κ1) is 16.1. The van der Waals surface area contributed by atoms with E-state index in [4.69, 9.17) is 4.74 Å². The van der Waals surface area contributed by atoms with E-state index in [1.807, 2.05) is 13.0 Å². The molecule has 0 unspecified atom stereocenters. The molecule has 0 bridgehead atoms. The van der Waals surface area contributed by atoms with Crippen LogP contribution >= 0.6 is 0 Å². The van der Waals surface area contributed by atoms with Gasteiger partial charge in [0.1, 0.15) is 5.75 Å². The van der Waals surface area contributed by atoms with E-state index in [0.717, 1.165) is 0 Å². The zero-order valence-corrected chi connectivity index (χ0v) is 13.3. The average Bonchev–Trinajstić information content (AvgIpc) is 2.54. The van der Waals surface area contributed by atoms with E-state index in [1.54, 1.807) is 54.6 Å². The van der Waals surface area contributed by atoms with Gasteiger partial charge in [0.25, 0.3) is 10.0 Å². The molecule has 4 nitrogen and oxygen atoms in total. The predicted octanol–water partition coefficient (Wildman–Crippen LogP) is 3.47. The van der Waals surface area contributed by atoms with Gasteiger partial charge in [-0.3, -0.25) is 4.31 Å². The Hall–Kier alpha value is -2.27. The third kappa shape index (κ3) is 3.49. The molecular formula is C17H19NO3S. The molecule has 0 atom stereocenters. The Balaban J connectivity index is 2.39. The van der Waals surface area contributed by atoms with Gasteiger partial charge < -0.3 is 4.74 Å². The summed E-state index contributed by atoms with van der Waals surface area (Å²) in [5.74, 6) is 0.649. The van der Waals surface area contributed by atoms with E-state index in [-0.39, 0.29) is 11.4 Å². The highest BCUT2D eigenvalue weighted by molar-refractivity contribution is 7.92. The van der Waals surface area contributed by atoms with Crippen LogP contribution in [0, 0.1) is 0 Å². The molecule has 0 aliphatic carbocycles. The summed E-state index contributed by atoms with van der Waals surface area (Å²) in [4.78, 5) is 0.224. The van der Waals surface area contributed by atoms with Crippen LogP contribution in [-0.2, 0) is 10.0 Å². The first-order valence-electron chi connectivity index (χ1n) is 7.01. The minimum atomic E-state index is -3.64. The summed E-state index contributed by atoms with van der Waals surface area (Å²) in [5, 5.41) is 0. The normalized spacial score (nSPS) is 11.0. The van der Waals surface area contributed by atoms with E-state index >= 15 is 0 Å². The minimum Gasteiger partial charge on any atom is -0.494 e. The van der Waals surface area contributed by atoms with Crippen LogP contribution in [0.5, 0.6) is 5.75 Å². The molecule has 0 amide bonds. The van der Waals surface area contributed by atoms with Crippen molar-refractivity contribution in [1.29, 1.82) is 0 Å². The van der Waals surface area contributed by atoms with Gasteiger partial charge in [0.15, 0.2) is 0 Å². The van der Waals surface area contributed by atoms with Crippen LogP contribution in [0.2, 0.25) is 0 Å². The smallest absolute Gasteiger partial charge is 0.264 e. The Morgan fingerprint density at radius 3 is 2.27 bits per heavy atom. The van der Waals surface area contributed by atoms with Crippen LogP contribution in [0.1, 0.15) is 6.92 Å². The molecule has 0 radical (unpaired) electrons. The molecule has 0 saturated carbocycles. The Morgan fingerprint density at radius 2 is 1.73 bits per heavy atom. The monoisotopic (exact) mass is 317 g/mol. The van der Waals surface area contributed by atoms with E-state index < -0.39 is 10.0 Å². The van der Waals surface area contributed by atoms with Gasteiger partial charge in [-0.2, -0.15) is 0 Å². The average molecular weight is 317 g/mol. The SMILES string of the molecule is C=CCN(c1ccccc1)S(=O)(=O)c1ccc(OCC)cc1. The fraction of sp³-hybridized carbons (Fsp3) is 0.176. The molecule has 0 N–H and O–H groups in total. The fourth-order valence-corrected chi connectivity index (χ4v) is 3.49. The van der Waals surface area contributed by atoms with Crippen LogP contribution in [0.3, 0.4) is 0 Å². The molecule has 2 rings (SSSR count). The van der Waals surface area contributed by atoms with Crippen LogP contribution in [-0.4, -0.2) is 21.6 Å². The van der Waals surface area contributed by atoms with Crippen molar-refractivity contribution in [3.8, 4) is 5.75 Å². The molecule has 0 fully saturated rings. The zero-order valence-electron chi connectivity index (χ0n) is 12.5. The molecule has 2 aromatic carbocycles. The van der Waals surface area contributed by atoms with Gasteiger partial charge in [0.05, 0.1) is 23.7 Å². The highest BCUT2D eigenvalue weighted by Crippen LogP contribution is 2.24. The second-order valence-corrected chi connectivity index (χ2v) is 6.43. The van der Waals surface area contributed by atoms with Crippen molar-refractivity contribution >= 4 is 15.7 Å². The van der Waals surface area contributed by atoms with Gasteiger partial charge >= 0.3 is 0 Å². The van der Waals surface area contributed by atoms with E-state index in [9.17, 15) is 8.42 Å². The summed E-state index contributed by atoms with van der Waals surface area (Å²) < 4.78 is 32.3. The molecule has 2 aromatic rings. The third-order valence-electron chi connectivity index (χ3n) is 3.06. The molecule has 0 spiro atoms. The highest BCUT2D eigenvalue weighted by Gasteiger charge is 2.23. The molecule has 0 heterocycles. The van der Waals surface area contributed by atoms with Gasteiger partial charge in [0.2, 0.25) is 0 Å². The van der Waals surface area contributed by atoms with Crippen molar-refractivity contribution in [2.45, 2.75) is 11.8 Å². The number of nitrogens with zero attached hydrogens (tertiary/aromatic N) is 1. The maximum atomic E-state index is 12.8.